The summed E-state index contributed by atoms with van der Waals surface area (Å²) < 4.78 is 60.7. The van der Waals surface area contributed by atoms with E-state index in [-0.39, 0.29) is 24.7 Å². The second kappa shape index (κ2) is 13.0. The molecule has 2 aliphatic heterocycles. The van der Waals surface area contributed by atoms with E-state index in [1.54, 1.807) is 13.0 Å². The number of aryl methyl sites for hydroxylation is 1. The van der Waals surface area contributed by atoms with Gasteiger partial charge in [-0.15, -0.1) is 0 Å². The second-order valence-electron chi connectivity index (χ2n) is 10.8. The maximum Gasteiger partial charge on any atom is 0.416 e. The van der Waals surface area contributed by atoms with Gasteiger partial charge >= 0.3 is 6.18 Å². The third kappa shape index (κ3) is 7.73. The molecule has 43 heavy (non-hydrogen) atoms. The van der Waals surface area contributed by atoms with Crippen LogP contribution in [0.3, 0.4) is 0 Å². The lowest BCUT2D eigenvalue weighted by atomic mass is 10.1. The highest BCUT2D eigenvalue weighted by atomic mass is 32.1. The Bertz CT molecular complexity index is 1480. The summed E-state index contributed by atoms with van der Waals surface area (Å²) in [6, 6.07) is 4.58. The van der Waals surface area contributed by atoms with Gasteiger partial charge in [-0.3, -0.25) is 14.5 Å². The van der Waals surface area contributed by atoms with Crippen LogP contribution in [0.15, 0.2) is 24.3 Å². The van der Waals surface area contributed by atoms with Crippen molar-refractivity contribution in [2.24, 2.45) is 0 Å². The number of nitrogens with zero attached hydrogens (tertiary/aromatic N) is 5. The summed E-state index contributed by atoms with van der Waals surface area (Å²) in [5.74, 6) is 0.141. The molecule has 0 aliphatic carbocycles. The van der Waals surface area contributed by atoms with Gasteiger partial charge < -0.3 is 15.0 Å². The van der Waals surface area contributed by atoms with Gasteiger partial charge in [-0.25, -0.2) is 19.3 Å². The Morgan fingerprint density at radius 1 is 1.16 bits per heavy atom. The third-order valence-corrected chi connectivity index (χ3v) is 8.55. The molecular formula is C29H32F4N6O3S. The highest BCUT2D eigenvalue weighted by Gasteiger charge is 2.32. The molecule has 2 aromatic heterocycles. The minimum atomic E-state index is -4.70. The molecule has 2 saturated heterocycles. The minimum Gasteiger partial charge on any atom is -0.376 e. The number of likely N-dealkylation sites (tertiary alicyclic amines) is 1. The first kappa shape index (κ1) is 31.0. The molecule has 4 heterocycles. The molecule has 0 saturated carbocycles. The maximum atomic E-state index is 14.4. The SMILES string of the molecule is Cc1nc(Nc2nc(-c3cc(F)cc(C(F)(F)F)c3)c(CN3CCC[C@H]3C)s2)cc(N2CC[C@@H](OCCC(=O)C=O)C2)n1. The van der Waals surface area contributed by atoms with Crippen molar-refractivity contribution in [3.8, 4) is 11.3 Å². The zero-order valence-electron chi connectivity index (χ0n) is 23.8. The molecule has 0 bridgehead atoms. The molecule has 9 nitrogen and oxygen atoms in total. The topological polar surface area (TPSA) is 101 Å². The van der Waals surface area contributed by atoms with Gasteiger partial charge in [0.1, 0.15) is 23.3 Å². The molecule has 1 aromatic carbocycles. The lowest BCUT2D eigenvalue weighted by Crippen LogP contribution is -2.25. The minimum absolute atomic E-state index is 0.0439. The second-order valence-corrected chi connectivity index (χ2v) is 11.9. The first-order chi connectivity index (χ1) is 20.5. The summed E-state index contributed by atoms with van der Waals surface area (Å²) in [7, 11) is 0. The number of hydrogen-bond donors (Lipinski definition) is 1. The van der Waals surface area contributed by atoms with Crippen LogP contribution in [0, 0.1) is 12.7 Å². The van der Waals surface area contributed by atoms with E-state index in [0.29, 0.717) is 66.3 Å². The number of benzene rings is 1. The van der Waals surface area contributed by atoms with Crippen LogP contribution in [0.25, 0.3) is 11.3 Å². The van der Waals surface area contributed by atoms with E-state index in [0.717, 1.165) is 42.8 Å². The van der Waals surface area contributed by atoms with Gasteiger partial charge in [0.15, 0.2) is 17.2 Å². The predicted molar refractivity (Wildman–Crippen MR) is 154 cm³/mol. The molecule has 0 amide bonds. The number of nitrogens with one attached hydrogen (secondary N) is 1. The Hall–Kier alpha value is -3.49. The van der Waals surface area contributed by atoms with E-state index in [9.17, 15) is 27.2 Å². The fourth-order valence-corrected chi connectivity index (χ4v) is 6.40. The Kier molecular flexibility index (Phi) is 9.37. The Morgan fingerprint density at radius 3 is 2.70 bits per heavy atom. The van der Waals surface area contributed by atoms with E-state index in [4.69, 9.17) is 4.74 Å². The Balaban J connectivity index is 1.38. The van der Waals surface area contributed by atoms with Crippen molar-refractivity contribution in [1.29, 1.82) is 0 Å². The highest BCUT2D eigenvalue weighted by molar-refractivity contribution is 7.16. The van der Waals surface area contributed by atoms with Crippen molar-refractivity contribution in [1.82, 2.24) is 19.9 Å². The monoisotopic (exact) mass is 620 g/mol. The van der Waals surface area contributed by atoms with Crippen molar-refractivity contribution in [3.63, 3.8) is 0 Å². The van der Waals surface area contributed by atoms with Crippen LogP contribution < -0.4 is 10.2 Å². The third-order valence-electron chi connectivity index (χ3n) is 7.60. The van der Waals surface area contributed by atoms with E-state index < -0.39 is 23.3 Å². The number of anilines is 3. The molecule has 2 atom stereocenters. The molecule has 230 valence electrons. The zero-order valence-corrected chi connectivity index (χ0v) is 24.6. The van der Waals surface area contributed by atoms with Gasteiger partial charge in [0, 0.05) is 48.6 Å². The average Bonchev–Trinajstić information content (AvgIpc) is 3.68. The number of rotatable bonds is 11. The van der Waals surface area contributed by atoms with Crippen LogP contribution in [-0.4, -0.2) is 70.3 Å². The van der Waals surface area contributed by atoms with Crippen molar-refractivity contribution in [2.45, 2.75) is 64.4 Å². The van der Waals surface area contributed by atoms with Gasteiger partial charge in [-0.05, 0) is 57.9 Å². The molecule has 1 N–H and O–H groups in total. The van der Waals surface area contributed by atoms with Crippen LogP contribution in [0.2, 0.25) is 0 Å². The summed E-state index contributed by atoms with van der Waals surface area (Å²) in [4.78, 5) is 40.4. The van der Waals surface area contributed by atoms with Crippen molar-refractivity contribution < 1.29 is 31.9 Å². The van der Waals surface area contributed by atoms with Crippen molar-refractivity contribution >= 4 is 40.2 Å². The lowest BCUT2D eigenvalue weighted by molar-refractivity contribution is -0.137. The van der Waals surface area contributed by atoms with Crippen LogP contribution in [0.4, 0.5) is 34.3 Å². The van der Waals surface area contributed by atoms with E-state index in [1.165, 1.54) is 11.3 Å². The Morgan fingerprint density at radius 2 is 1.98 bits per heavy atom. The molecule has 3 aromatic rings. The van der Waals surface area contributed by atoms with Crippen LogP contribution in [0.5, 0.6) is 0 Å². The number of ketones is 1. The number of ether oxygens (including phenoxy) is 1. The van der Waals surface area contributed by atoms with Crippen LogP contribution in [-0.2, 0) is 27.0 Å². The lowest BCUT2D eigenvalue weighted by Gasteiger charge is -2.20. The fourth-order valence-electron chi connectivity index (χ4n) is 5.38. The molecule has 0 radical (unpaired) electrons. The number of aromatic nitrogens is 3. The van der Waals surface area contributed by atoms with Gasteiger partial charge in [0.2, 0.25) is 0 Å². The molecular weight excluding hydrogens is 588 g/mol. The average molecular weight is 621 g/mol. The van der Waals surface area contributed by atoms with E-state index in [1.807, 2.05) is 4.90 Å². The molecule has 2 fully saturated rings. The molecule has 14 heteroatoms. The molecule has 0 unspecified atom stereocenters. The highest BCUT2D eigenvalue weighted by Crippen LogP contribution is 2.38. The quantitative estimate of drug-likeness (QED) is 0.168. The zero-order chi connectivity index (χ0) is 30.7. The number of thiazole rings is 1. The van der Waals surface area contributed by atoms with E-state index >= 15 is 0 Å². The molecule has 5 rings (SSSR count). The van der Waals surface area contributed by atoms with Gasteiger partial charge in [0.25, 0.3) is 0 Å². The smallest absolute Gasteiger partial charge is 0.376 e. The summed E-state index contributed by atoms with van der Waals surface area (Å²) in [6.45, 7) is 6.60. The maximum absolute atomic E-state index is 14.4. The molecule has 2 aliphatic rings. The Labute approximate surface area is 250 Å². The fraction of sp³-hybridized carbons (Fsp3) is 0.483. The summed E-state index contributed by atoms with van der Waals surface area (Å²) in [5.41, 5.74) is -0.698. The summed E-state index contributed by atoms with van der Waals surface area (Å²) in [5, 5.41) is 3.61. The van der Waals surface area contributed by atoms with E-state index in [2.05, 4.69) is 32.1 Å². The number of Topliss-reactive ketones (excluding diaryl/α,β-unsaturated/α-hetero) is 1. The van der Waals surface area contributed by atoms with Crippen LogP contribution in [0.1, 0.15) is 48.9 Å². The summed E-state index contributed by atoms with van der Waals surface area (Å²) in [6.07, 6.45) is -1.69. The number of aldehydes is 1. The first-order valence-corrected chi connectivity index (χ1v) is 14.9. The first-order valence-electron chi connectivity index (χ1n) is 14.1. The summed E-state index contributed by atoms with van der Waals surface area (Å²) >= 11 is 1.30. The van der Waals surface area contributed by atoms with Gasteiger partial charge in [0.05, 0.1) is 24.0 Å². The number of carbonyl (C=O) groups excluding carboxylic acids is 2. The van der Waals surface area contributed by atoms with Gasteiger partial charge in [-0.1, -0.05) is 11.3 Å². The standard InChI is InChI=1S/C29H32F4N6O3S/c1-17-4-3-7-38(17)15-24-27(19-10-20(29(31,32)33)12-21(30)11-19)37-28(43-24)36-25-13-26(35-18(2)34-25)39-8-5-23(14-39)42-9-6-22(41)16-40/h10-13,16-17,23H,3-9,14-15H2,1-2H3,(H,34,35,36,37)/t17-,23-/m1/s1. The van der Waals surface area contributed by atoms with Crippen molar-refractivity contribution in [2.75, 3.05) is 36.5 Å². The predicted octanol–water partition coefficient (Wildman–Crippen LogP) is 5.55. The number of halogens is 4. The molecule has 0 spiro atoms. The number of hydrogen-bond acceptors (Lipinski definition) is 10. The normalized spacial score (nSPS) is 19.3. The van der Waals surface area contributed by atoms with Gasteiger partial charge in [-0.2, -0.15) is 13.2 Å². The number of carbonyl (C=O) groups is 2. The van der Waals surface area contributed by atoms with Crippen molar-refractivity contribution in [3.05, 3.63) is 46.3 Å². The van der Waals surface area contributed by atoms with Crippen LogP contribution >= 0.6 is 11.3 Å². The largest absolute Gasteiger partial charge is 0.416 e. The number of alkyl halides is 3.